The quantitative estimate of drug-likeness (QED) is 0.0286. The zero-order chi connectivity index (χ0) is 42.5. The molecule has 6 rings (SSSR count). The molecule has 20 heteroatoms. The summed E-state index contributed by atoms with van der Waals surface area (Å²) in [6.07, 6.45) is 1.02. The number of ether oxygens (including phenoxy) is 3. The fourth-order valence-corrected chi connectivity index (χ4v) is 48.8. The number of halogens is 1. The molecule has 59 heavy (non-hydrogen) atoms. The number of nitrogens with zero attached hydrogens (tertiary/aromatic N) is 1. The first-order valence-corrected chi connectivity index (χ1v) is 28.8. The van der Waals surface area contributed by atoms with E-state index < -0.39 is 61.2 Å². The molecule has 2 atom stereocenters. The molecule has 0 amide bonds. The van der Waals surface area contributed by atoms with Gasteiger partial charge in [0.2, 0.25) is 6.10 Å². The average Bonchev–Trinajstić information content (AvgIpc) is 3.43. The summed E-state index contributed by atoms with van der Waals surface area (Å²) in [6.45, 7) is 0.704. The number of carbonyl (C=O) groups excluding carboxylic acids is 3. The molecular formula is C39H34FNO11P2S5. The molecule has 1 N–H and O–H groups in total. The Bertz CT molecular complexity index is 2480. The van der Waals surface area contributed by atoms with Crippen LogP contribution < -0.4 is 15.3 Å². The van der Waals surface area contributed by atoms with Crippen molar-refractivity contribution < 1.29 is 52.2 Å². The van der Waals surface area contributed by atoms with Crippen LogP contribution in [0.25, 0.3) is 17.2 Å². The van der Waals surface area contributed by atoms with Crippen molar-refractivity contribution in [3.8, 4) is 11.5 Å². The SMILES string of the molecule is CC1=C(CC(=O)OC(COC(=O)CCCO[N+](=O)[O-])C(=O)Oc2ccc(P3(=S)SP(=S)(c4ccc(O)cc4)S3)cc2)c2cc(F)ccc2C1=Cc1ccc(S(C)=O)cc1. The standard InChI is InChI=1S/C39H34FNO11P2S5/c1-24-33(20-25-5-16-31(17-6-25)59(2)48)32-18-7-26(40)21-35(32)34(24)22-38(44)52-36(23-49-37(43)4-3-19-50-41(46)47)39(45)51-28-10-14-30(15-11-28)54(56)57-53(55,58-54)29-12-8-27(42)9-13-29/h5-18,20-21,36,42H,3-4,19,22-23H2,1-2H3. The molecule has 0 bridgehead atoms. The van der Waals surface area contributed by atoms with E-state index in [2.05, 4.69) is 4.84 Å². The molecule has 1 aliphatic carbocycles. The largest absolute Gasteiger partial charge is 0.508 e. The smallest absolute Gasteiger partial charge is 0.356 e. The Morgan fingerprint density at radius 3 is 2.17 bits per heavy atom. The number of hydrogen-bond donors (Lipinski definition) is 1. The van der Waals surface area contributed by atoms with Crippen molar-refractivity contribution in [2.24, 2.45) is 0 Å². The van der Waals surface area contributed by atoms with E-state index in [-0.39, 0.29) is 37.4 Å². The van der Waals surface area contributed by atoms with Crippen molar-refractivity contribution in [2.75, 3.05) is 19.5 Å². The Labute approximate surface area is 358 Å². The Hall–Kier alpha value is -4.15. The van der Waals surface area contributed by atoms with Crippen molar-refractivity contribution in [1.82, 2.24) is 0 Å². The van der Waals surface area contributed by atoms with Gasteiger partial charge in [0.15, 0.2) is 0 Å². The van der Waals surface area contributed by atoms with Crippen molar-refractivity contribution in [2.45, 2.75) is 37.2 Å². The van der Waals surface area contributed by atoms with Gasteiger partial charge < -0.3 is 24.2 Å². The van der Waals surface area contributed by atoms with Crippen LogP contribution in [-0.2, 0) is 63.1 Å². The minimum absolute atomic E-state index is 0.0460. The van der Waals surface area contributed by atoms with Gasteiger partial charge in [-0.1, -0.05) is 63.8 Å². The molecule has 308 valence electrons. The van der Waals surface area contributed by atoms with E-state index in [1.807, 2.05) is 18.2 Å². The monoisotopic (exact) mass is 933 g/mol. The van der Waals surface area contributed by atoms with E-state index in [1.165, 1.54) is 12.1 Å². The van der Waals surface area contributed by atoms with Gasteiger partial charge >= 0.3 is 17.9 Å². The summed E-state index contributed by atoms with van der Waals surface area (Å²) < 4.78 is 38.7. The number of rotatable bonds is 16. The first kappa shape index (κ1) is 44.4. The van der Waals surface area contributed by atoms with Crippen molar-refractivity contribution in [3.63, 3.8) is 0 Å². The number of hydrogen-bond acceptors (Lipinski definition) is 15. The topological polar surface area (TPSA) is 169 Å². The zero-order valence-electron chi connectivity index (χ0n) is 31.1. The fraction of sp³-hybridized carbons (Fsp3) is 0.205. The van der Waals surface area contributed by atoms with Gasteiger partial charge in [0.25, 0.3) is 5.09 Å². The molecule has 12 nitrogen and oxygen atoms in total. The second-order valence-electron chi connectivity index (χ2n) is 13.0. The molecular weight excluding hydrogens is 900 g/mol. The molecule has 1 fully saturated rings. The number of aromatic hydroxyl groups is 1. The van der Waals surface area contributed by atoms with Crippen molar-refractivity contribution >= 4 is 111 Å². The highest BCUT2D eigenvalue weighted by Crippen LogP contribution is 3.04. The molecule has 1 aliphatic heterocycles. The second-order valence-corrected chi connectivity index (χ2v) is 35.6. The van der Waals surface area contributed by atoms with Crippen LogP contribution in [0, 0.1) is 15.9 Å². The lowest BCUT2D eigenvalue weighted by Crippen LogP contribution is -2.36. The van der Waals surface area contributed by atoms with Gasteiger partial charge in [0.05, 0.1) is 21.9 Å². The third kappa shape index (κ3) is 11.0. The molecule has 0 aromatic heterocycles. The summed E-state index contributed by atoms with van der Waals surface area (Å²) in [5.74, 6) is -3.04. The minimum atomic E-state index is -2.16. The zero-order valence-corrected chi connectivity index (χ0v) is 37.0. The summed E-state index contributed by atoms with van der Waals surface area (Å²) in [7, 11) is -1.16. The first-order chi connectivity index (χ1) is 28.0. The molecule has 4 aromatic carbocycles. The Morgan fingerprint density at radius 1 is 0.932 bits per heavy atom. The molecule has 2 unspecified atom stereocenters. The highest BCUT2D eigenvalue weighted by molar-refractivity contribution is 9.48. The van der Waals surface area contributed by atoms with Gasteiger partial charge in [-0.25, -0.2) is 9.18 Å². The Kier molecular flexibility index (Phi) is 14.3. The van der Waals surface area contributed by atoms with Crippen molar-refractivity contribution in [3.05, 3.63) is 129 Å². The summed E-state index contributed by atoms with van der Waals surface area (Å²) in [4.78, 5) is 54.9. The van der Waals surface area contributed by atoms with E-state index >= 15 is 0 Å². The molecule has 4 aromatic rings. The maximum absolute atomic E-state index is 14.6. The van der Waals surface area contributed by atoms with E-state index in [0.29, 0.717) is 27.2 Å². The lowest BCUT2D eigenvalue weighted by molar-refractivity contribution is -0.757. The van der Waals surface area contributed by atoms with E-state index in [9.17, 15) is 38.2 Å². The number of carbonyl (C=O) groups is 3. The van der Waals surface area contributed by atoms with Gasteiger partial charge in [-0.3, -0.25) is 13.8 Å². The van der Waals surface area contributed by atoms with Crippen LogP contribution in [0.1, 0.15) is 42.9 Å². The maximum Gasteiger partial charge on any atom is 0.356 e. The third-order valence-electron chi connectivity index (χ3n) is 8.92. The predicted molar refractivity (Wildman–Crippen MR) is 236 cm³/mol. The summed E-state index contributed by atoms with van der Waals surface area (Å²) >= 11 is 15.1. The van der Waals surface area contributed by atoms with Crippen LogP contribution in [0.5, 0.6) is 11.5 Å². The average molecular weight is 934 g/mol. The molecule has 2 aliphatic rings. The summed E-state index contributed by atoms with van der Waals surface area (Å²) in [5.41, 5.74) is 3.77. The van der Waals surface area contributed by atoms with Crippen LogP contribution in [0.4, 0.5) is 4.39 Å². The van der Waals surface area contributed by atoms with Crippen LogP contribution in [-0.4, -0.2) is 57.9 Å². The number of phenols is 1. The van der Waals surface area contributed by atoms with Crippen LogP contribution >= 0.6 is 30.9 Å². The van der Waals surface area contributed by atoms with Crippen LogP contribution in [0.2, 0.25) is 0 Å². The van der Waals surface area contributed by atoms with Gasteiger partial charge in [-0.2, -0.15) is 0 Å². The van der Waals surface area contributed by atoms with Crippen LogP contribution in [0.3, 0.4) is 0 Å². The lowest BCUT2D eigenvalue weighted by Gasteiger charge is -2.40. The summed E-state index contributed by atoms with van der Waals surface area (Å²) in [6, 6.07) is 24.7. The first-order valence-electron chi connectivity index (χ1n) is 17.6. The van der Waals surface area contributed by atoms with Gasteiger partial charge in [0.1, 0.15) is 23.9 Å². The minimum Gasteiger partial charge on any atom is -0.508 e. The molecule has 0 saturated carbocycles. The molecule has 1 heterocycles. The number of phenolic OH excluding ortho intramolecular Hbond substituents is 1. The predicted octanol–water partition coefficient (Wildman–Crippen LogP) is 8.09. The Morgan fingerprint density at radius 2 is 1.56 bits per heavy atom. The highest BCUT2D eigenvalue weighted by Gasteiger charge is 2.46. The van der Waals surface area contributed by atoms with Crippen LogP contribution in [0.15, 0.2) is 101 Å². The van der Waals surface area contributed by atoms with E-state index in [0.717, 1.165) is 21.7 Å². The van der Waals surface area contributed by atoms with Gasteiger partial charge in [-0.15, -0.1) is 10.1 Å². The number of fused-ring (bicyclic) bond motifs is 1. The number of benzene rings is 4. The van der Waals surface area contributed by atoms with E-state index in [4.69, 9.17) is 37.8 Å². The maximum atomic E-state index is 14.6. The van der Waals surface area contributed by atoms with E-state index in [1.54, 1.807) is 102 Å². The lowest BCUT2D eigenvalue weighted by atomic mass is 10.0. The fourth-order valence-electron chi connectivity index (χ4n) is 5.99. The molecule has 1 saturated heterocycles. The Balaban J connectivity index is 1.17. The van der Waals surface area contributed by atoms with Gasteiger partial charge in [-0.05, 0) is 126 Å². The number of esters is 3. The molecule has 0 radical (unpaired) electrons. The third-order valence-corrected chi connectivity index (χ3v) is 41.1. The normalized spacial score (nSPS) is 19.9. The van der Waals surface area contributed by atoms with Gasteiger partial charge in [0, 0.05) is 39.0 Å². The molecule has 0 spiro atoms. The number of allylic oxidation sites excluding steroid dienone is 2. The highest BCUT2D eigenvalue weighted by atomic mass is 33.7. The second kappa shape index (κ2) is 19.1. The van der Waals surface area contributed by atoms with Crippen molar-refractivity contribution in [1.29, 1.82) is 0 Å². The summed E-state index contributed by atoms with van der Waals surface area (Å²) in [5, 5.41) is 20.9.